The molecule has 72 valence electrons. The van der Waals surface area contributed by atoms with Crippen molar-refractivity contribution in [3.63, 3.8) is 0 Å². The second kappa shape index (κ2) is 4.35. The quantitative estimate of drug-likeness (QED) is 0.695. The highest BCUT2D eigenvalue weighted by atomic mass is 16.4. The Balaban J connectivity index is 2.78. The van der Waals surface area contributed by atoms with Crippen LogP contribution in [-0.2, 0) is 11.2 Å². The minimum Gasteiger partial charge on any atom is -0.480 e. The molecule has 0 saturated carbocycles. The predicted molar refractivity (Wildman–Crippen MR) is 48.3 cm³/mol. The topological polar surface area (TPSA) is 100 Å². The van der Waals surface area contributed by atoms with Crippen molar-refractivity contribution in [3.8, 4) is 6.07 Å². The Bertz CT molecular complexity index is 384. The molecule has 1 aromatic heterocycles. The van der Waals surface area contributed by atoms with Crippen molar-refractivity contribution in [1.82, 2.24) is 4.98 Å². The molecule has 1 aromatic rings. The number of hydrogen-bond donors (Lipinski definition) is 2. The molecule has 5 heteroatoms. The molecular formula is C9H9N3O2. The molecule has 0 radical (unpaired) electrons. The smallest absolute Gasteiger partial charge is 0.320 e. The molecule has 1 heterocycles. The summed E-state index contributed by atoms with van der Waals surface area (Å²) in [6.07, 6.45) is 1.66. The molecule has 1 atom stereocenters. The van der Waals surface area contributed by atoms with Crippen LogP contribution >= 0.6 is 0 Å². The van der Waals surface area contributed by atoms with Crippen LogP contribution in [0, 0.1) is 11.3 Å². The molecule has 0 amide bonds. The van der Waals surface area contributed by atoms with Gasteiger partial charge in [-0.3, -0.25) is 4.79 Å². The third-order valence-electron chi connectivity index (χ3n) is 1.71. The average Bonchev–Trinajstić information content (AvgIpc) is 2.18. The predicted octanol–water partition coefficient (Wildman–Crippen LogP) is -0.0923. The Hall–Kier alpha value is -1.93. The second-order valence-electron chi connectivity index (χ2n) is 2.81. The molecule has 14 heavy (non-hydrogen) atoms. The van der Waals surface area contributed by atoms with Crippen molar-refractivity contribution < 1.29 is 9.90 Å². The molecule has 0 spiro atoms. The third kappa shape index (κ3) is 2.54. The van der Waals surface area contributed by atoms with Gasteiger partial charge in [0, 0.05) is 6.20 Å². The molecule has 1 unspecified atom stereocenters. The van der Waals surface area contributed by atoms with Gasteiger partial charge >= 0.3 is 5.97 Å². The van der Waals surface area contributed by atoms with E-state index in [0.29, 0.717) is 5.56 Å². The van der Waals surface area contributed by atoms with E-state index in [1.807, 2.05) is 6.07 Å². The summed E-state index contributed by atoms with van der Waals surface area (Å²) in [5.74, 6) is -1.06. The van der Waals surface area contributed by atoms with E-state index in [4.69, 9.17) is 16.1 Å². The number of aliphatic carboxylic acids is 1. The van der Waals surface area contributed by atoms with Crippen LogP contribution in [-0.4, -0.2) is 22.1 Å². The number of nitriles is 1. The van der Waals surface area contributed by atoms with E-state index in [9.17, 15) is 4.79 Å². The van der Waals surface area contributed by atoms with E-state index < -0.39 is 12.0 Å². The first-order valence-electron chi connectivity index (χ1n) is 3.97. The van der Waals surface area contributed by atoms with Crippen LogP contribution in [0.4, 0.5) is 0 Å². The lowest BCUT2D eigenvalue weighted by Gasteiger charge is -2.05. The molecular weight excluding hydrogens is 182 g/mol. The van der Waals surface area contributed by atoms with E-state index in [1.165, 1.54) is 12.3 Å². The van der Waals surface area contributed by atoms with Gasteiger partial charge in [-0.2, -0.15) is 5.26 Å². The zero-order chi connectivity index (χ0) is 10.6. The lowest BCUT2D eigenvalue weighted by Crippen LogP contribution is -2.32. The van der Waals surface area contributed by atoms with Crippen LogP contribution in [0.2, 0.25) is 0 Å². The van der Waals surface area contributed by atoms with Crippen LogP contribution in [0.25, 0.3) is 0 Å². The number of nitrogens with two attached hydrogens (primary N) is 1. The monoisotopic (exact) mass is 191 g/mol. The molecule has 0 saturated heterocycles. The minimum absolute atomic E-state index is 0.201. The average molecular weight is 191 g/mol. The normalized spacial score (nSPS) is 11.7. The fourth-order valence-corrected chi connectivity index (χ4v) is 1.00. The summed E-state index contributed by atoms with van der Waals surface area (Å²) < 4.78 is 0. The van der Waals surface area contributed by atoms with Gasteiger partial charge in [-0.25, -0.2) is 4.98 Å². The molecule has 0 bridgehead atoms. The maximum absolute atomic E-state index is 10.5. The molecule has 0 aliphatic carbocycles. The van der Waals surface area contributed by atoms with Crippen LogP contribution < -0.4 is 5.73 Å². The van der Waals surface area contributed by atoms with E-state index in [1.54, 1.807) is 6.07 Å². The second-order valence-corrected chi connectivity index (χ2v) is 2.81. The summed E-state index contributed by atoms with van der Waals surface area (Å²) in [5, 5.41) is 17.1. The molecule has 0 aliphatic heterocycles. The number of aromatic nitrogens is 1. The summed E-state index contributed by atoms with van der Waals surface area (Å²) in [7, 11) is 0. The summed E-state index contributed by atoms with van der Waals surface area (Å²) in [5.41, 5.74) is 6.30. The van der Waals surface area contributed by atoms with Crippen molar-refractivity contribution in [2.24, 2.45) is 5.73 Å². The summed E-state index contributed by atoms with van der Waals surface area (Å²) >= 11 is 0. The highest BCUT2D eigenvalue weighted by molar-refractivity contribution is 5.73. The fourth-order valence-electron chi connectivity index (χ4n) is 1.00. The number of carboxylic acids is 1. The van der Waals surface area contributed by atoms with Gasteiger partial charge < -0.3 is 10.8 Å². The molecule has 3 N–H and O–H groups in total. The maximum Gasteiger partial charge on any atom is 0.320 e. The van der Waals surface area contributed by atoms with Gasteiger partial charge in [-0.1, -0.05) is 0 Å². The van der Waals surface area contributed by atoms with Crippen molar-refractivity contribution in [2.45, 2.75) is 12.5 Å². The van der Waals surface area contributed by atoms with Crippen molar-refractivity contribution >= 4 is 5.97 Å². The lowest BCUT2D eigenvalue weighted by molar-refractivity contribution is -0.138. The van der Waals surface area contributed by atoms with Crippen LogP contribution in [0.5, 0.6) is 0 Å². The van der Waals surface area contributed by atoms with E-state index in [-0.39, 0.29) is 12.1 Å². The Morgan fingerprint density at radius 1 is 1.79 bits per heavy atom. The van der Waals surface area contributed by atoms with E-state index >= 15 is 0 Å². The van der Waals surface area contributed by atoms with Crippen molar-refractivity contribution in [2.75, 3.05) is 0 Å². The van der Waals surface area contributed by atoms with Crippen LogP contribution in [0.1, 0.15) is 11.3 Å². The number of hydrogen-bond acceptors (Lipinski definition) is 4. The van der Waals surface area contributed by atoms with E-state index in [2.05, 4.69) is 4.98 Å². The van der Waals surface area contributed by atoms with Crippen molar-refractivity contribution in [1.29, 1.82) is 5.26 Å². The van der Waals surface area contributed by atoms with Gasteiger partial charge in [0.1, 0.15) is 17.8 Å². The Morgan fingerprint density at radius 2 is 2.50 bits per heavy atom. The van der Waals surface area contributed by atoms with Gasteiger partial charge in [-0.15, -0.1) is 0 Å². The highest BCUT2D eigenvalue weighted by Gasteiger charge is 2.12. The number of pyridine rings is 1. The standard InChI is InChI=1S/C9H9N3O2/c10-5-7-3-6(1-2-12-7)4-8(11)9(13)14/h1-3,8H,4,11H2,(H,13,14). The van der Waals surface area contributed by atoms with Gasteiger partial charge in [0.15, 0.2) is 0 Å². The largest absolute Gasteiger partial charge is 0.480 e. The van der Waals surface area contributed by atoms with E-state index in [0.717, 1.165) is 0 Å². The summed E-state index contributed by atoms with van der Waals surface area (Å²) in [6.45, 7) is 0. The summed E-state index contributed by atoms with van der Waals surface area (Å²) in [6, 6.07) is 4.10. The maximum atomic E-state index is 10.5. The lowest BCUT2D eigenvalue weighted by atomic mass is 10.1. The van der Waals surface area contributed by atoms with Crippen LogP contribution in [0.3, 0.4) is 0 Å². The highest BCUT2D eigenvalue weighted by Crippen LogP contribution is 2.03. The molecule has 0 aromatic carbocycles. The third-order valence-corrected chi connectivity index (χ3v) is 1.71. The first-order valence-corrected chi connectivity index (χ1v) is 3.97. The molecule has 0 aliphatic rings. The fraction of sp³-hybridized carbons (Fsp3) is 0.222. The summed E-state index contributed by atoms with van der Waals surface area (Å²) in [4.78, 5) is 14.2. The molecule has 1 rings (SSSR count). The minimum atomic E-state index is -1.06. The number of rotatable bonds is 3. The zero-order valence-electron chi connectivity index (χ0n) is 7.34. The number of carboxylic acid groups (broad SMARTS) is 1. The number of nitrogens with zero attached hydrogens (tertiary/aromatic N) is 2. The van der Waals surface area contributed by atoms with Crippen molar-refractivity contribution in [3.05, 3.63) is 29.6 Å². The Morgan fingerprint density at radius 3 is 3.07 bits per heavy atom. The molecule has 5 nitrogen and oxygen atoms in total. The van der Waals surface area contributed by atoms with Crippen LogP contribution in [0.15, 0.2) is 18.3 Å². The van der Waals surface area contributed by atoms with Gasteiger partial charge in [0.05, 0.1) is 0 Å². The SMILES string of the molecule is N#Cc1cc(CC(N)C(=O)O)ccn1. The first kappa shape index (κ1) is 10.2. The zero-order valence-corrected chi connectivity index (χ0v) is 7.34. The first-order chi connectivity index (χ1) is 6.63. The van der Waals surface area contributed by atoms with Gasteiger partial charge in [-0.05, 0) is 24.1 Å². The Labute approximate surface area is 80.8 Å². The van der Waals surface area contributed by atoms with Gasteiger partial charge in [0.2, 0.25) is 0 Å². The Kier molecular flexibility index (Phi) is 3.15. The van der Waals surface area contributed by atoms with Gasteiger partial charge in [0.25, 0.3) is 0 Å². The molecule has 0 fully saturated rings. The number of carbonyl (C=O) groups is 1.